The summed E-state index contributed by atoms with van der Waals surface area (Å²) in [6.45, 7) is 2.07. The molecule has 2 rings (SSSR count). The fourth-order valence-electron chi connectivity index (χ4n) is 1.36. The molecule has 0 aliphatic rings. The number of fused-ring (bicyclic) bond motifs is 1. The summed E-state index contributed by atoms with van der Waals surface area (Å²) in [5, 5.41) is 1.11. The quantitative estimate of drug-likeness (QED) is 0.767. The summed E-state index contributed by atoms with van der Waals surface area (Å²) in [7, 11) is 0. The summed E-state index contributed by atoms with van der Waals surface area (Å²) < 4.78 is 6.37. The van der Waals surface area contributed by atoms with E-state index in [-0.39, 0.29) is 0 Å². The van der Waals surface area contributed by atoms with Gasteiger partial charge in [-0.3, -0.25) is 0 Å². The summed E-state index contributed by atoms with van der Waals surface area (Å²) in [5.74, 6) is 1.78. The topological polar surface area (TPSA) is 13.1 Å². The van der Waals surface area contributed by atoms with E-state index in [2.05, 4.69) is 6.92 Å². The molecule has 2 aromatic rings. The standard InChI is InChI=1S/C12H11ClOS/c1-2-15-12(13)8-10-7-9-5-3-4-6-11(9)14-10/h3-8H,2H2,1H3/b12-8-. The number of thioether (sulfide) groups is 1. The summed E-state index contributed by atoms with van der Waals surface area (Å²) >= 11 is 7.61. The van der Waals surface area contributed by atoms with E-state index in [0.29, 0.717) is 0 Å². The van der Waals surface area contributed by atoms with Gasteiger partial charge in [0, 0.05) is 11.5 Å². The van der Waals surface area contributed by atoms with Crippen molar-refractivity contribution < 1.29 is 4.42 Å². The maximum absolute atomic E-state index is 6.01. The molecule has 0 fully saturated rings. The highest BCUT2D eigenvalue weighted by Crippen LogP contribution is 2.26. The first-order valence-electron chi connectivity index (χ1n) is 4.78. The number of hydrogen-bond donors (Lipinski definition) is 0. The number of benzene rings is 1. The van der Waals surface area contributed by atoms with Gasteiger partial charge in [0.05, 0.1) is 4.36 Å². The molecule has 0 spiro atoms. The van der Waals surface area contributed by atoms with Crippen molar-refractivity contribution in [1.29, 1.82) is 0 Å². The van der Waals surface area contributed by atoms with Crippen LogP contribution < -0.4 is 0 Å². The lowest BCUT2D eigenvalue weighted by molar-refractivity contribution is 0.604. The molecule has 0 saturated carbocycles. The van der Waals surface area contributed by atoms with E-state index >= 15 is 0 Å². The number of furan rings is 1. The van der Waals surface area contributed by atoms with E-state index in [0.717, 1.165) is 26.8 Å². The van der Waals surface area contributed by atoms with Gasteiger partial charge >= 0.3 is 0 Å². The predicted molar refractivity (Wildman–Crippen MR) is 68.2 cm³/mol. The van der Waals surface area contributed by atoms with Gasteiger partial charge in [0.15, 0.2) is 0 Å². The molecule has 0 bridgehead atoms. The largest absolute Gasteiger partial charge is 0.457 e. The van der Waals surface area contributed by atoms with Gasteiger partial charge in [-0.2, -0.15) is 0 Å². The average molecular weight is 239 g/mol. The zero-order valence-electron chi connectivity index (χ0n) is 8.37. The van der Waals surface area contributed by atoms with E-state index in [1.165, 1.54) is 0 Å². The second-order valence-corrected chi connectivity index (χ2v) is 5.01. The highest BCUT2D eigenvalue weighted by atomic mass is 35.5. The minimum Gasteiger partial charge on any atom is -0.457 e. The third kappa shape index (κ3) is 2.58. The minimum atomic E-state index is 0.761. The van der Waals surface area contributed by atoms with Crippen LogP contribution in [0.25, 0.3) is 17.0 Å². The van der Waals surface area contributed by atoms with Crippen molar-refractivity contribution in [3.8, 4) is 0 Å². The Balaban J connectivity index is 2.33. The number of para-hydroxylation sites is 1. The zero-order valence-corrected chi connectivity index (χ0v) is 9.94. The number of rotatable bonds is 3. The van der Waals surface area contributed by atoms with Gasteiger partial charge < -0.3 is 4.42 Å². The molecule has 0 N–H and O–H groups in total. The maximum Gasteiger partial charge on any atom is 0.134 e. The lowest BCUT2D eigenvalue weighted by atomic mass is 10.2. The third-order valence-electron chi connectivity index (χ3n) is 1.98. The van der Waals surface area contributed by atoms with Crippen molar-refractivity contribution in [2.45, 2.75) is 6.92 Å². The normalized spacial score (nSPS) is 12.3. The molecule has 0 aliphatic carbocycles. The van der Waals surface area contributed by atoms with Crippen LogP contribution in [0.1, 0.15) is 12.7 Å². The molecule has 0 saturated heterocycles. The molecule has 1 nitrogen and oxygen atoms in total. The molecule has 15 heavy (non-hydrogen) atoms. The molecule has 0 atom stereocenters. The Bertz CT molecular complexity index is 454. The van der Waals surface area contributed by atoms with Crippen LogP contribution in [0.4, 0.5) is 0 Å². The van der Waals surface area contributed by atoms with Gasteiger partial charge in [0.25, 0.3) is 0 Å². The van der Waals surface area contributed by atoms with Crippen molar-refractivity contribution in [3.63, 3.8) is 0 Å². The smallest absolute Gasteiger partial charge is 0.134 e. The van der Waals surface area contributed by atoms with Gasteiger partial charge in [-0.1, -0.05) is 36.7 Å². The maximum atomic E-state index is 6.01. The van der Waals surface area contributed by atoms with Crippen molar-refractivity contribution in [1.82, 2.24) is 0 Å². The number of hydrogen-bond acceptors (Lipinski definition) is 2. The van der Waals surface area contributed by atoms with Gasteiger partial charge in [-0.15, -0.1) is 11.8 Å². The Labute approximate surface area is 98.1 Å². The predicted octanol–water partition coefficient (Wildman–Crippen LogP) is 4.72. The molecule has 78 valence electrons. The van der Waals surface area contributed by atoms with Gasteiger partial charge in [-0.25, -0.2) is 0 Å². The highest BCUT2D eigenvalue weighted by Gasteiger charge is 2.01. The molecular formula is C12H11ClOS. The Hall–Kier alpha value is -0.860. The van der Waals surface area contributed by atoms with Crippen LogP contribution >= 0.6 is 23.4 Å². The highest BCUT2D eigenvalue weighted by molar-refractivity contribution is 8.04. The summed E-state index contributed by atoms with van der Waals surface area (Å²) in [6.07, 6.45) is 1.86. The van der Waals surface area contributed by atoms with E-state index in [1.807, 2.05) is 36.4 Å². The van der Waals surface area contributed by atoms with Crippen LogP contribution in [-0.4, -0.2) is 5.75 Å². The van der Waals surface area contributed by atoms with E-state index in [1.54, 1.807) is 11.8 Å². The zero-order chi connectivity index (χ0) is 10.7. The molecular weight excluding hydrogens is 228 g/mol. The molecule has 3 heteroatoms. The van der Waals surface area contributed by atoms with E-state index in [4.69, 9.17) is 16.0 Å². The fraction of sp³-hybridized carbons (Fsp3) is 0.167. The lowest BCUT2D eigenvalue weighted by Gasteiger charge is -1.91. The second kappa shape index (κ2) is 4.77. The van der Waals surface area contributed by atoms with E-state index < -0.39 is 0 Å². The van der Waals surface area contributed by atoms with Crippen molar-refractivity contribution >= 4 is 40.4 Å². The van der Waals surface area contributed by atoms with Crippen LogP contribution in [-0.2, 0) is 0 Å². The molecule has 1 aromatic carbocycles. The van der Waals surface area contributed by atoms with Crippen molar-refractivity contribution in [2.24, 2.45) is 0 Å². The van der Waals surface area contributed by atoms with Crippen LogP contribution in [0.2, 0.25) is 0 Å². The van der Waals surface area contributed by atoms with Gasteiger partial charge in [0.1, 0.15) is 11.3 Å². The van der Waals surface area contributed by atoms with Crippen molar-refractivity contribution in [3.05, 3.63) is 40.5 Å². The first-order valence-corrected chi connectivity index (χ1v) is 6.14. The van der Waals surface area contributed by atoms with E-state index in [9.17, 15) is 0 Å². The minimum absolute atomic E-state index is 0.761. The molecule has 1 heterocycles. The second-order valence-electron chi connectivity index (χ2n) is 3.07. The summed E-state index contributed by atoms with van der Waals surface area (Å²) in [6, 6.07) is 9.92. The summed E-state index contributed by atoms with van der Waals surface area (Å²) in [4.78, 5) is 0. The van der Waals surface area contributed by atoms with Crippen molar-refractivity contribution in [2.75, 3.05) is 5.75 Å². The first kappa shape index (κ1) is 10.7. The molecule has 0 aliphatic heterocycles. The van der Waals surface area contributed by atoms with Crippen LogP contribution in [0.15, 0.2) is 39.1 Å². The molecule has 0 radical (unpaired) electrons. The van der Waals surface area contributed by atoms with Crippen LogP contribution in [0, 0.1) is 0 Å². The van der Waals surface area contributed by atoms with Gasteiger partial charge in [-0.05, 0) is 17.9 Å². The lowest BCUT2D eigenvalue weighted by Crippen LogP contribution is -1.67. The van der Waals surface area contributed by atoms with Crippen LogP contribution in [0.3, 0.4) is 0 Å². The van der Waals surface area contributed by atoms with Gasteiger partial charge in [0.2, 0.25) is 0 Å². The molecule has 0 amide bonds. The SMILES string of the molecule is CCS/C(Cl)=C\c1cc2ccccc2o1. The molecule has 0 unspecified atom stereocenters. The first-order chi connectivity index (χ1) is 7.29. The monoisotopic (exact) mass is 238 g/mol. The summed E-state index contributed by atoms with van der Waals surface area (Å²) in [5.41, 5.74) is 0.898. The Morgan fingerprint density at radius 3 is 3.00 bits per heavy atom. The molecule has 1 aromatic heterocycles. The number of halogens is 1. The third-order valence-corrected chi connectivity index (χ3v) is 3.10. The Kier molecular flexibility index (Phi) is 3.39. The average Bonchev–Trinajstić information content (AvgIpc) is 2.59. The van der Waals surface area contributed by atoms with Crippen LogP contribution in [0.5, 0.6) is 0 Å². The Morgan fingerprint density at radius 1 is 1.47 bits per heavy atom. The fourth-order valence-corrected chi connectivity index (χ4v) is 2.28. The Morgan fingerprint density at radius 2 is 2.27 bits per heavy atom.